The van der Waals surface area contributed by atoms with Gasteiger partial charge in [0, 0.05) is 0 Å². The van der Waals surface area contributed by atoms with Gasteiger partial charge in [-0.15, -0.1) is 0 Å². The van der Waals surface area contributed by atoms with E-state index in [1.165, 1.54) is 0 Å². The Kier molecular flexibility index (Phi) is 2.93. The van der Waals surface area contributed by atoms with Crippen molar-refractivity contribution in [2.45, 2.75) is 32.5 Å². The lowest BCUT2D eigenvalue weighted by molar-refractivity contribution is -0.162. The van der Waals surface area contributed by atoms with E-state index in [0.717, 1.165) is 0 Å². The first-order chi connectivity index (χ1) is 5.90. The van der Waals surface area contributed by atoms with Gasteiger partial charge in [0.2, 0.25) is 0 Å². The summed E-state index contributed by atoms with van der Waals surface area (Å²) in [7, 11) is 0. The zero-order chi connectivity index (χ0) is 10.1. The second-order valence-corrected chi connectivity index (χ2v) is 4.24. The van der Waals surface area contributed by atoms with Crippen LogP contribution in [0, 0.1) is 5.92 Å². The molecule has 1 saturated heterocycles. The lowest BCUT2D eigenvalue weighted by Gasteiger charge is -2.22. The highest BCUT2D eigenvalue weighted by Gasteiger charge is 2.35. The molecule has 2 atom stereocenters. The molecule has 4 heteroatoms. The van der Waals surface area contributed by atoms with Crippen molar-refractivity contribution in [2.75, 3.05) is 13.2 Å². The summed E-state index contributed by atoms with van der Waals surface area (Å²) in [5, 5.41) is 9.33. The van der Waals surface area contributed by atoms with Crippen LogP contribution in [-0.2, 0) is 14.3 Å². The van der Waals surface area contributed by atoms with Gasteiger partial charge in [-0.05, 0) is 20.8 Å². The molecule has 0 saturated carbocycles. The molecule has 1 fully saturated rings. The molecule has 0 aromatic carbocycles. The number of esters is 1. The summed E-state index contributed by atoms with van der Waals surface area (Å²) in [6.07, 6.45) is -0.713. The van der Waals surface area contributed by atoms with E-state index in [1.807, 2.05) is 0 Å². The van der Waals surface area contributed by atoms with Gasteiger partial charge in [0.15, 0.2) is 0 Å². The normalized spacial score (nSPS) is 28.9. The molecule has 0 aromatic heterocycles. The molecule has 0 spiro atoms. The van der Waals surface area contributed by atoms with Gasteiger partial charge < -0.3 is 14.6 Å². The van der Waals surface area contributed by atoms with Crippen LogP contribution < -0.4 is 0 Å². The Hall–Kier alpha value is -0.610. The van der Waals surface area contributed by atoms with Crippen molar-refractivity contribution in [3.8, 4) is 0 Å². The van der Waals surface area contributed by atoms with Crippen molar-refractivity contribution < 1.29 is 19.4 Å². The third kappa shape index (κ3) is 2.97. The van der Waals surface area contributed by atoms with Crippen LogP contribution in [0.1, 0.15) is 20.8 Å². The van der Waals surface area contributed by atoms with Crippen molar-refractivity contribution in [1.82, 2.24) is 0 Å². The lowest BCUT2D eigenvalue weighted by atomic mass is 10.1. The Morgan fingerprint density at radius 2 is 2.08 bits per heavy atom. The van der Waals surface area contributed by atoms with E-state index in [4.69, 9.17) is 9.47 Å². The Bertz CT molecular complexity index is 194. The van der Waals surface area contributed by atoms with E-state index in [0.29, 0.717) is 0 Å². The average molecular weight is 188 g/mol. The molecule has 0 radical (unpaired) electrons. The molecule has 0 amide bonds. The second-order valence-electron chi connectivity index (χ2n) is 4.24. The van der Waals surface area contributed by atoms with E-state index in [-0.39, 0.29) is 19.2 Å². The smallest absolute Gasteiger partial charge is 0.314 e. The standard InChI is InChI=1S/C9H16O4/c1-9(2,3)13-8(11)6-4-12-5-7(6)10/h6-7,10H,4-5H2,1-3H3/t6-,7+/m0/s1. The van der Waals surface area contributed by atoms with Gasteiger partial charge in [0.1, 0.15) is 11.5 Å². The Labute approximate surface area is 77.8 Å². The molecular formula is C9H16O4. The highest BCUT2D eigenvalue weighted by atomic mass is 16.6. The predicted molar refractivity (Wildman–Crippen MR) is 46.2 cm³/mol. The first-order valence-corrected chi connectivity index (χ1v) is 4.39. The molecule has 1 rings (SSSR count). The van der Waals surface area contributed by atoms with Crippen molar-refractivity contribution in [3.05, 3.63) is 0 Å². The van der Waals surface area contributed by atoms with Gasteiger partial charge in [-0.1, -0.05) is 0 Å². The molecule has 0 unspecified atom stereocenters. The van der Waals surface area contributed by atoms with E-state index in [9.17, 15) is 9.90 Å². The Morgan fingerprint density at radius 3 is 2.46 bits per heavy atom. The van der Waals surface area contributed by atoms with Gasteiger partial charge in [0.05, 0.1) is 19.3 Å². The number of aliphatic hydroxyl groups is 1. The van der Waals surface area contributed by atoms with Crippen LogP contribution in [0.15, 0.2) is 0 Å². The van der Waals surface area contributed by atoms with E-state index in [2.05, 4.69) is 0 Å². The first-order valence-electron chi connectivity index (χ1n) is 4.39. The topological polar surface area (TPSA) is 55.8 Å². The summed E-state index contributed by atoms with van der Waals surface area (Å²) in [5.41, 5.74) is -0.501. The molecule has 1 aliphatic heterocycles. The maximum absolute atomic E-state index is 11.4. The summed E-state index contributed by atoms with van der Waals surface area (Å²) in [6, 6.07) is 0. The van der Waals surface area contributed by atoms with Gasteiger partial charge >= 0.3 is 5.97 Å². The van der Waals surface area contributed by atoms with Crippen LogP contribution in [0.4, 0.5) is 0 Å². The Morgan fingerprint density at radius 1 is 1.46 bits per heavy atom. The van der Waals surface area contributed by atoms with Crippen molar-refractivity contribution >= 4 is 5.97 Å². The summed E-state index contributed by atoms with van der Waals surface area (Å²) in [6.45, 7) is 5.88. The van der Waals surface area contributed by atoms with E-state index in [1.54, 1.807) is 20.8 Å². The lowest BCUT2D eigenvalue weighted by Crippen LogP contribution is -2.34. The summed E-state index contributed by atoms with van der Waals surface area (Å²) < 4.78 is 10.1. The van der Waals surface area contributed by atoms with Gasteiger partial charge in [-0.25, -0.2) is 0 Å². The fraction of sp³-hybridized carbons (Fsp3) is 0.889. The van der Waals surface area contributed by atoms with E-state index < -0.39 is 17.6 Å². The molecule has 1 N–H and O–H groups in total. The zero-order valence-corrected chi connectivity index (χ0v) is 8.24. The molecule has 0 aromatic rings. The number of ether oxygens (including phenoxy) is 2. The summed E-state index contributed by atoms with van der Waals surface area (Å²) in [5.74, 6) is -0.892. The van der Waals surface area contributed by atoms with Crippen molar-refractivity contribution in [1.29, 1.82) is 0 Å². The molecule has 1 aliphatic rings. The van der Waals surface area contributed by atoms with Gasteiger partial charge in [0.25, 0.3) is 0 Å². The number of hydrogen-bond acceptors (Lipinski definition) is 4. The molecule has 76 valence electrons. The third-order valence-corrected chi connectivity index (χ3v) is 1.76. The summed E-state index contributed by atoms with van der Waals surface area (Å²) >= 11 is 0. The van der Waals surface area contributed by atoms with Crippen molar-refractivity contribution in [3.63, 3.8) is 0 Å². The monoisotopic (exact) mass is 188 g/mol. The van der Waals surface area contributed by atoms with Gasteiger partial charge in [-0.3, -0.25) is 4.79 Å². The maximum Gasteiger partial charge on any atom is 0.314 e. The fourth-order valence-electron chi connectivity index (χ4n) is 1.15. The number of carbonyl (C=O) groups is 1. The number of aliphatic hydroxyl groups excluding tert-OH is 1. The van der Waals surface area contributed by atoms with Crippen LogP contribution in [-0.4, -0.2) is 36.0 Å². The highest BCUT2D eigenvalue weighted by molar-refractivity contribution is 5.74. The second kappa shape index (κ2) is 3.64. The highest BCUT2D eigenvalue weighted by Crippen LogP contribution is 2.18. The van der Waals surface area contributed by atoms with Crippen LogP contribution in [0.2, 0.25) is 0 Å². The quantitative estimate of drug-likeness (QED) is 0.603. The summed E-state index contributed by atoms with van der Waals surface area (Å²) in [4.78, 5) is 11.4. The number of hydrogen-bond donors (Lipinski definition) is 1. The minimum atomic E-state index is -0.713. The first kappa shape index (κ1) is 10.5. The van der Waals surface area contributed by atoms with Crippen LogP contribution in [0.5, 0.6) is 0 Å². The van der Waals surface area contributed by atoms with Crippen LogP contribution >= 0.6 is 0 Å². The average Bonchev–Trinajstić information content (AvgIpc) is 2.30. The largest absolute Gasteiger partial charge is 0.460 e. The molecule has 0 bridgehead atoms. The van der Waals surface area contributed by atoms with Gasteiger partial charge in [-0.2, -0.15) is 0 Å². The third-order valence-electron chi connectivity index (χ3n) is 1.76. The predicted octanol–water partition coefficient (Wildman–Crippen LogP) is 0.335. The fourth-order valence-corrected chi connectivity index (χ4v) is 1.15. The molecule has 0 aliphatic carbocycles. The SMILES string of the molecule is CC(C)(C)OC(=O)[C@H]1COC[C@H]1O. The molecule has 4 nitrogen and oxygen atoms in total. The molecular weight excluding hydrogens is 172 g/mol. The molecule has 1 heterocycles. The van der Waals surface area contributed by atoms with Crippen molar-refractivity contribution in [2.24, 2.45) is 5.92 Å². The van der Waals surface area contributed by atoms with Crippen LogP contribution in [0.3, 0.4) is 0 Å². The minimum Gasteiger partial charge on any atom is -0.460 e. The number of rotatable bonds is 1. The maximum atomic E-state index is 11.4. The Balaban J connectivity index is 2.48. The zero-order valence-electron chi connectivity index (χ0n) is 8.24. The molecule has 13 heavy (non-hydrogen) atoms. The van der Waals surface area contributed by atoms with Crippen LogP contribution in [0.25, 0.3) is 0 Å². The number of carbonyl (C=O) groups excluding carboxylic acids is 1. The minimum absolute atomic E-state index is 0.226. The van der Waals surface area contributed by atoms with E-state index >= 15 is 0 Å².